The van der Waals surface area contributed by atoms with E-state index < -0.39 is 0 Å². The Morgan fingerprint density at radius 3 is 2.40 bits per heavy atom. The van der Waals surface area contributed by atoms with Gasteiger partial charge >= 0.3 is 0 Å². The lowest BCUT2D eigenvalue weighted by molar-refractivity contribution is 0.478. The van der Waals surface area contributed by atoms with Gasteiger partial charge < -0.3 is 5.32 Å². The summed E-state index contributed by atoms with van der Waals surface area (Å²) in [7, 11) is 2.09. The molecule has 0 saturated heterocycles. The first-order valence-corrected chi connectivity index (χ1v) is 8.97. The zero-order valence-electron chi connectivity index (χ0n) is 13.1. The maximum absolute atomic E-state index is 3.55. The van der Waals surface area contributed by atoms with E-state index in [0.29, 0.717) is 6.04 Å². The van der Waals surface area contributed by atoms with Gasteiger partial charge in [-0.1, -0.05) is 79.9 Å². The molecule has 0 spiro atoms. The molecule has 1 nitrogen and oxygen atoms in total. The van der Waals surface area contributed by atoms with Crippen LogP contribution in [-0.4, -0.2) is 13.1 Å². The molecule has 0 aliphatic heterocycles. The van der Waals surface area contributed by atoms with Crippen molar-refractivity contribution in [2.45, 2.75) is 70.8 Å². The molecule has 0 aromatic heterocycles. The van der Waals surface area contributed by atoms with Gasteiger partial charge in [-0.3, -0.25) is 0 Å². The lowest BCUT2D eigenvalue weighted by Crippen LogP contribution is -2.27. The fourth-order valence-corrected chi connectivity index (χ4v) is 3.09. The summed E-state index contributed by atoms with van der Waals surface area (Å²) in [6.07, 6.45) is 12.2. The van der Waals surface area contributed by atoms with Gasteiger partial charge in [-0.15, -0.1) is 0 Å². The molecule has 2 heteroatoms. The normalized spacial score (nSPS) is 12.6. The second-order valence-corrected chi connectivity index (χ2v) is 6.65. The number of nitrogens with one attached hydrogen (secondary N) is 1. The van der Waals surface area contributed by atoms with E-state index in [1.807, 2.05) is 0 Å². The minimum atomic E-state index is 0.611. The molecule has 0 saturated carbocycles. The van der Waals surface area contributed by atoms with Crippen molar-refractivity contribution >= 4 is 15.9 Å². The van der Waals surface area contributed by atoms with Crippen molar-refractivity contribution in [1.82, 2.24) is 5.32 Å². The van der Waals surface area contributed by atoms with Crippen LogP contribution in [0.5, 0.6) is 0 Å². The minimum Gasteiger partial charge on any atom is -0.317 e. The maximum atomic E-state index is 3.55. The van der Waals surface area contributed by atoms with E-state index in [2.05, 4.69) is 59.5 Å². The largest absolute Gasteiger partial charge is 0.317 e. The molecule has 1 unspecified atom stereocenters. The van der Waals surface area contributed by atoms with Crippen LogP contribution in [-0.2, 0) is 6.42 Å². The maximum Gasteiger partial charge on any atom is 0.0178 e. The zero-order valence-corrected chi connectivity index (χ0v) is 14.7. The summed E-state index contributed by atoms with van der Waals surface area (Å²) in [5.41, 5.74) is 1.42. The number of halogens is 1. The lowest BCUT2D eigenvalue weighted by Gasteiger charge is -2.16. The van der Waals surface area contributed by atoms with Crippen LogP contribution < -0.4 is 5.32 Å². The topological polar surface area (TPSA) is 12.0 Å². The van der Waals surface area contributed by atoms with Crippen molar-refractivity contribution in [3.05, 3.63) is 34.3 Å². The molecule has 1 aromatic carbocycles. The van der Waals surface area contributed by atoms with E-state index in [0.717, 1.165) is 6.42 Å². The third-order valence-electron chi connectivity index (χ3n) is 3.94. The van der Waals surface area contributed by atoms with Crippen LogP contribution in [0.4, 0.5) is 0 Å². The second-order valence-electron chi connectivity index (χ2n) is 5.73. The van der Waals surface area contributed by atoms with Crippen LogP contribution in [0.1, 0.15) is 63.9 Å². The molecule has 0 aliphatic rings. The molecular formula is C18H30BrN. The molecule has 1 rings (SSSR count). The molecule has 20 heavy (non-hydrogen) atoms. The molecule has 0 aliphatic carbocycles. The molecule has 114 valence electrons. The van der Waals surface area contributed by atoms with Crippen molar-refractivity contribution in [3.8, 4) is 0 Å². The van der Waals surface area contributed by atoms with E-state index in [9.17, 15) is 0 Å². The highest BCUT2D eigenvalue weighted by molar-refractivity contribution is 9.10. The van der Waals surface area contributed by atoms with Crippen LogP contribution in [0.2, 0.25) is 0 Å². The predicted octanol–water partition coefficient (Wildman–Crippen LogP) is 5.72. The van der Waals surface area contributed by atoms with Gasteiger partial charge in [0.15, 0.2) is 0 Å². The first-order valence-electron chi connectivity index (χ1n) is 8.18. The Labute approximate surface area is 133 Å². The number of benzene rings is 1. The Kier molecular flexibility index (Phi) is 10.0. The smallest absolute Gasteiger partial charge is 0.0178 e. The first-order chi connectivity index (χ1) is 9.76. The highest BCUT2D eigenvalue weighted by Gasteiger charge is 2.07. The number of hydrogen-bond acceptors (Lipinski definition) is 1. The van der Waals surface area contributed by atoms with Crippen molar-refractivity contribution in [2.75, 3.05) is 7.05 Å². The Morgan fingerprint density at radius 1 is 1.05 bits per heavy atom. The molecule has 0 bridgehead atoms. The van der Waals surface area contributed by atoms with E-state index >= 15 is 0 Å². The predicted molar refractivity (Wildman–Crippen MR) is 93.3 cm³/mol. The van der Waals surface area contributed by atoms with Crippen molar-refractivity contribution < 1.29 is 0 Å². The lowest BCUT2D eigenvalue weighted by atomic mass is 9.99. The van der Waals surface area contributed by atoms with Crippen LogP contribution in [0, 0.1) is 0 Å². The van der Waals surface area contributed by atoms with Gasteiger partial charge in [0.1, 0.15) is 0 Å². The highest BCUT2D eigenvalue weighted by atomic mass is 79.9. The average Bonchev–Trinajstić information content (AvgIpc) is 2.45. The van der Waals surface area contributed by atoms with Gasteiger partial charge in [-0.2, -0.15) is 0 Å². The molecule has 1 N–H and O–H groups in total. The second kappa shape index (κ2) is 11.3. The number of likely N-dealkylation sites (N-methyl/N-ethyl adjacent to an activating group) is 1. The van der Waals surface area contributed by atoms with Gasteiger partial charge in [0.25, 0.3) is 0 Å². The molecule has 0 heterocycles. The summed E-state index contributed by atoms with van der Waals surface area (Å²) < 4.78 is 1.18. The third kappa shape index (κ3) is 8.06. The highest BCUT2D eigenvalue weighted by Crippen LogP contribution is 2.16. The van der Waals surface area contributed by atoms with Gasteiger partial charge in [0.2, 0.25) is 0 Å². The Morgan fingerprint density at radius 2 is 1.75 bits per heavy atom. The summed E-state index contributed by atoms with van der Waals surface area (Å²) in [6, 6.07) is 9.28. The van der Waals surface area contributed by atoms with E-state index in [4.69, 9.17) is 0 Å². The first kappa shape index (κ1) is 17.7. The molecule has 0 fully saturated rings. The third-order valence-corrected chi connectivity index (χ3v) is 4.43. The quantitative estimate of drug-likeness (QED) is 0.508. The number of hydrogen-bond donors (Lipinski definition) is 1. The summed E-state index contributed by atoms with van der Waals surface area (Å²) >= 11 is 3.55. The van der Waals surface area contributed by atoms with Crippen LogP contribution in [0.3, 0.4) is 0 Å². The molecule has 0 radical (unpaired) electrons. The van der Waals surface area contributed by atoms with Crippen LogP contribution in [0.15, 0.2) is 28.7 Å². The molecule has 1 atom stereocenters. The fourth-order valence-electron chi connectivity index (χ4n) is 2.64. The Balaban J connectivity index is 2.16. The number of rotatable bonds is 11. The molecule has 0 amide bonds. The van der Waals surface area contributed by atoms with Gasteiger partial charge in [0, 0.05) is 10.5 Å². The van der Waals surface area contributed by atoms with Crippen molar-refractivity contribution in [1.29, 1.82) is 0 Å². The van der Waals surface area contributed by atoms with E-state index in [1.54, 1.807) is 0 Å². The van der Waals surface area contributed by atoms with E-state index in [-0.39, 0.29) is 0 Å². The number of unbranched alkanes of at least 4 members (excludes halogenated alkanes) is 6. The van der Waals surface area contributed by atoms with Gasteiger partial charge in [0.05, 0.1) is 0 Å². The van der Waals surface area contributed by atoms with Crippen LogP contribution >= 0.6 is 15.9 Å². The Hall–Kier alpha value is -0.340. The van der Waals surface area contributed by atoms with Gasteiger partial charge in [-0.25, -0.2) is 0 Å². The van der Waals surface area contributed by atoms with Crippen molar-refractivity contribution in [2.24, 2.45) is 0 Å². The minimum absolute atomic E-state index is 0.611. The van der Waals surface area contributed by atoms with Crippen molar-refractivity contribution in [3.63, 3.8) is 0 Å². The average molecular weight is 340 g/mol. The fraction of sp³-hybridized carbons (Fsp3) is 0.667. The SMILES string of the molecule is CCCCCCCCCC(Cc1cccc(Br)c1)NC. The van der Waals surface area contributed by atoms with E-state index in [1.165, 1.54) is 61.4 Å². The Bertz CT molecular complexity index is 351. The molecular weight excluding hydrogens is 310 g/mol. The monoisotopic (exact) mass is 339 g/mol. The summed E-state index contributed by atoms with van der Waals surface area (Å²) in [4.78, 5) is 0. The van der Waals surface area contributed by atoms with Crippen LogP contribution in [0.25, 0.3) is 0 Å². The van der Waals surface area contributed by atoms with Gasteiger partial charge in [-0.05, 0) is 37.6 Å². The summed E-state index contributed by atoms with van der Waals surface area (Å²) in [6.45, 7) is 2.28. The standard InChI is InChI=1S/C18H30BrN/c1-3-4-5-6-7-8-9-13-18(20-2)15-16-11-10-12-17(19)14-16/h10-12,14,18,20H,3-9,13,15H2,1-2H3. The summed E-state index contributed by atoms with van der Waals surface area (Å²) in [5.74, 6) is 0. The summed E-state index contributed by atoms with van der Waals surface area (Å²) in [5, 5.41) is 3.47. The zero-order chi connectivity index (χ0) is 14.6. The molecule has 1 aromatic rings.